The number of carbonyl (C=O) groups is 2. The largest absolute Gasteiger partial charge is 0.484 e. The van der Waals surface area contributed by atoms with Crippen LogP contribution in [0, 0.1) is 12.8 Å². The van der Waals surface area contributed by atoms with Crippen molar-refractivity contribution < 1.29 is 14.3 Å². The fourth-order valence-corrected chi connectivity index (χ4v) is 3.73. The quantitative estimate of drug-likeness (QED) is 0.782. The molecule has 2 amide bonds. The second-order valence-electron chi connectivity index (χ2n) is 7.60. The monoisotopic (exact) mass is 409 g/mol. The van der Waals surface area contributed by atoms with Gasteiger partial charge < -0.3 is 19.9 Å². The molecule has 28 heavy (non-hydrogen) atoms. The molecule has 0 bridgehead atoms. The molecule has 1 aromatic carbocycles. The first-order valence-electron chi connectivity index (χ1n) is 10.1. The highest BCUT2D eigenvalue weighted by Crippen LogP contribution is 2.19. The Hall–Kier alpha value is -1.79. The molecule has 1 aromatic rings. The van der Waals surface area contributed by atoms with Crippen LogP contribution in [-0.2, 0) is 9.59 Å². The molecule has 156 valence electrons. The summed E-state index contributed by atoms with van der Waals surface area (Å²) in [5.74, 6) is 1.60. The highest BCUT2D eigenvalue weighted by molar-refractivity contribution is 5.85. The number of nitrogens with zero attached hydrogens (tertiary/aromatic N) is 2. The normalized spacial score (nSPS) is 17.8. The van der Waals surface area contributed by atoms with Gasteiger partial charge in [0.25, 0.3) is 5.91 Å². The molecule has 0 aromatic heterocycles. The zero-order valence-electron chi connectivity index (χ0n) is 16.7. The van der Waals surface area contributed by atoms with Gasteiger partial charge in [-0.2, -0.15) is 0 Å². The smallest absolute Gasteiger partial charge is 0.260 e. The zero-order chi connectivity index (χ0) is 19.1. The lowest BCUT2D eigenvalue weighted by atomic mass is 9.93. The topological polar surface area (TPSA) is 61.9 Å². The number of rotatable bonds is 6. The minimum absolute atomic E-state index is 0. The van der Waals surface area contributed by atoms with E-state index in [1.165, 1.54) is 12.8 Å². The van der Waals surface area contributed by atoms with E-state index in [4.69, 9.17) is 4.74 Å². The lowest BCUT2D eigenvalue weighted by Gasteiger charge is -2.35. The van der Waals surface area contributed by atoms with E-state index in [-0.39, 0.29) is 30.8 Å². The summed E-state index contributed by atoms with van der Waals surface area (Å²) in [5.41, 5.74) is 1.16. The number of benzene rings is 1. The maximum Gasteiger partial charge on any atom is 0.260 e. The Morgan fingerprint density at radius 1 is 1.00 bits per heavy atom. The van der Waals surface area contributed by atoms with Crippen molar-refractivity contribution in [3.8, 4) is 5.75 Å². The van der Waals surface area contributed by atoms with Crippen LogP contribution in [0.5, 0.6) is 5.75 Å². The highest BCUT2D eigenvalue weighted by atomic mass is 35.5. The predicted octanol–water partition coefficient (Wildman–Crippen LogP) is 2.25. The third-order valence-electron chi connectivity index (χ3n) is 5.59. The number of halogens is 1. The van der Waals surface area contributed by atoms with Crippen molar-refractivity contribution in [3.63, 3.8) is 0 Å². The lowest BCUT2D eigenvalue weighted by molar-refractivity contribution is -0.140. The summed E-state index contributed by atoms with van der Waals surface area (Å²) in [5, 5.41) is 3.36. The molecule has 0 unspecified atom stereocenters. The summed E-state index contributed by atoms with van der Waals surface area (Å²) in [6.45, 7) is 6.65. The summed E-state index contributed by atoms with van der Waals surface area (Å²) in [7, 11) is 0. The second-order valence-corrected chi connectivity index (χ2v) is 7.60. The van der Waals surface area contributed by atoms with E-state index in [9.17, 15) is 9.59 Å². The van der Waals surface area contributed by atoms with Crippen molar-refractivity contribution in [3.05, 3.63) is 29.8 Å². The van der Waals surface area contributed by atoms with Crippen molar-refractivity contribution >= 4 is 24.2 Å². The molecule has 2 fully saturated rings. The Kier molecular flexibility index (Phi) is 9.06. The molecule has 3 rings (SSSR count). The minimum atomic E-state index is -0.0163. The highest BCUT2D eigenvalue weighted by Gasteiger charge is 2.25. The van der Waals surface area contributed by atoms with Crippen LogP contribution in [-0.4, -0.2) is 67.5 Å². The third kappa shape index (κ3) is 6.67. The Labute approximate surface area is 174 Å². The predicted molar refractivity (Wildman–Crippen MR) is 112 cm³/mol. The molecule has 0 radical (unpaired) electrons. The molecule has 2 aliphatic heterocycles. The van der Waals surface area contributed by atoms with Crippen LogP contribution in [0.3, 0.4) is 0 Å². The average Bonchev–Trinajstić information content (AvgIpc) is 2.72. The number of ether oxygens (including phenoxy) is 1. The van der Waals surface area contributed by atoms with Gasteiger partial charge in [0.2, 0.25) is 5.91 Å². The minimum Gasteiger partial charge on any atom is -0.484 e. The Bertz CT molecular complexity index is 624. The van der Waals surface area contributed by atoms with Gasteiger partial charge in [0.05, 0.1) is 0 Å². The molecule has 2 saturated heterocycles. The summed E-state index contributed by atoms with van der Waals surface area (Å²) >= 11 is 0. The van der Waals surface area contributed by atoms with Crippen LogP contribution in [0.15, 0.2) is 24.3 Å². The fraction of sp³-hybridized carbons (Fsp3) is 0.619. The first kappa shape index (κ1) is 22.5. The van der Waals surface area contributed by atoms with Crippen LogP contribution < -0.4 is 10.1 Å². The van der Waals surface area contributed by atoms with Gasteiger partial charge in [-0.05, 0) is 57.3 Å². The van der Waals surface area contributed by atoms with Crippen LogP contribution in [0.4, 0.5) is 0 Å². The lowest BCUT2D eigenvalue weighted by Crippen LogP contribution is -2.51. The van der Waals surface area contributed by atoms with Gasteiger partial charge in [-0.25, -0.2) is 0 Å². The molecule has 2 aliphatic rings. The summed E-state index contributed by atoms with van der Waals surface area (Å²) in [6.07, 6.45) is 3.98. The Balaban J connectivity index is 0.00000280. The maximum atomic E-state index is 12.4. The van der Waals surface area contributed by atoms with E-state index in [0.29, 0.717) is 44.3 Å². The van der Waals surface area contributed by atoms with Gasteiger partial charge in [0.1, 0.15) is 5.75 Å². The number of carbonyl (C=O) groups excluding carboxylic acids is 2. The van der Waals surface area contributed by atoms with Crippen LogP contribution in [0.25, 0.3) is 0 Å². The molecule has 0 atom stereocenters. The van der Waals surface area contributed by atoms with Gasteiger partial charge in [-0.3, -0.25) is 9.59 Å². The number of aryl methyl sites for hydroxylation is 1. The van der Waals surface area contributed by atoms with Gasteiger partial charge in [-0.15, -0.1) is 12.4 Å². The second kappa shape index (κ2) is 11.3. The number of hydrogen-bond donors (Lipinski definition) is 1. The van der Waals surface area contributed by atoms with Crippen molar-refractivity contribution in [1.82, 2.24) is 15.1 Å². The van der Waals surface area contributed by atoms with Crippen LogP contribution in [0.1, 0.15) is 31.2 Å². The molecule has 2 heterocycles. The fourth-order valence-electron chi connectivity index (χ4n) is 3.73. The molecular formula is C21H32ClN3O3. The van der Waals surface area contributed by atoms with Crippen LogP contribution >= 0.6 is 12.4 Å². The molecule has 1 N–H and O–H groups in total. The molecule has 7 heteroatoms. The molecule has 6 nitrogen and oxygen atoms in total. The van der Waals surface area contributed by atoms with E-state index in [1.54, 1.807) is 4.90 Å². The van der Waals surface area contributed by atoms with E-state index in [0.717, 1.165) is 25.1 Å². The van der Waals surface area contributed by atoms with Gasteiger partial charge in [0, 0.05) is 32.6 Å². The molecule has 0 aliphatic carbocycles. The van der Waals surface area contributed by atoms with E-state index in [1.807, 2.05) is 36.1 Å². The number of amides is 2. The summed E-state index contributed by atoms with van der Waals surface area (Å²) < 4.78 is 5.58. The van der Waals surface area contributed by atoms with Crippen molar-refractivity contribution in [2.45, 2.75) is 32.6 Å². The van der Waals surface area contributed by atoms with E-state index in [2.05, 4.69) is 5.32 Å². The first-order chi connectivity index (χ1) is 13.1. The third-order valence-corrected chi connectivity index (χ3v) is 5.59. The Morgan fingerprint density at radius 2 is 1.57 bits per heavy atom. The van der Waals surface area contributed by atoms with Crippen molar-refractivity contribution in [2.75, 3.05) is 45.9 Å². The Morgan fingerprint density at radius 3 is 2.18 bits per heavy atom. The molecular weight excluding hydrogens is 378 g/mol. The van der Waals surface area contributed by atoms with Gasteiger partial charge in [-0.1, -0.05) is 17.7 Å². The summed E-state index contributed by atoms with van der Waals surface area (Å²) in [4.78, 5) is 28.5. The van der Waals surface area contributed by atoms with E-state index < -0.39 is 0 Å². The average molecular weight is 410 g/mol. The maximum absolute atomic E-state index is 12.4. The van der Waals surface area contributed by atoms with Crippen molar-refractivity contribution in [1.29, 1.82) is 0 Å². The number of piperidine rings is 1. The van der Waals surface area contributed by atoms with Gasteiger partial charge >= 0.3 is 0 Å². The van der Waals surface area contributed by atoms with Crippen molar-refractivity contribution in [2.24, 2.45) is 5.92 Å². The van der Waals surface area contributed by atoms with E-state index >= 15 is 0 Å². The standard InChI is InChI=1S/C21H31N3O3.ClH/c1-17-2-5-19(6-3-17)27-16-21(26)24-14-12-23(13-15-24)20(25)7-4-18-8-10-22-11-9-18;/h2-3,5-6,18,22H,4,7-16H2,1H3;1H. The first-order valence-corrected chi connectivity index (χ1v) is 10.1. The number of nitrogens with one attached hydrogen (secondary N) is 1. The SMILES string of the molecule is Cc1ccc(OCC(=O)N2CCN(C(=O)CCC3CCNCC3)CC2)cc1.Cl. The number of hydrogen-bond acceptors (Lipinski definition) is 4. The van der Waals surface area contributed by atoms with Gasteiger partial charge in [0.15, 0.2) is 6.61 Å². The zero-order valence-corrected chi connectivity index (χ0v) is 17.5. The molecule has 0 spiro atoms. The number of piperazine rings is 1. The summed E-state index contributed by atoms with van der Waals surface area (Å²) in [6, 6.07) is 7.69. The molecule has 0 saturated carbocycles. The van der Waals surface area contributed by atoms with Crippen LogP contribution in [0.2, 0.25) is 0 Å².